The third-order valence-corrected chi connectivity index (χ3v) is 7.43. The number of phosphoric acid groups is 1. The van der Waals surface area contributed by atoms with E-state index in [9.17, 15) is 44.6 Å². The smallest absolute Gasteiger partial charge is 0.462 e. The highest BCUT2D eigenvalue weighted by molar-refractivity contribution is 7.47. The number of aliphatic hydroxyl groups is 5. The van der Waals surface area contributed by atoms with Crippen LogP contribution < -0.4 is 0 Å². The zero-order valence-corrected chi connectivity index (χ0v) is 23.8. The highest BCUT2D eigenvalue weighted by Crippen LogP contribution is 2.47. The van der Waals surface area contributed by atoms with E-state index in [0.29, 0.717) is 12.8 Å². The summed E-state index contributed by atoms with van der Waals surface area (Å²) in [6, 6.07) is 0. The van der Waals surface area contributed by atoms with Crippen molar-refractivity contribution in [2.75, 3.05) is 13.2 Å². The maximum Gasteiger partial charge on any atom is 0.472 e. The predicted molar refractivity (Wildman–Crippen MR) is 138 cm³/mol. The van der Waals surface area contributed by atoms with Crippen molar-refractivity contribution in [2.45, 2.75) is 134 Å². The number of rotatable bonds is 20. The van der Waals surface area contributed by atoms with Gasteiger partial charge in [-0.15, -0.1) is 0 Å². The highest BCUT2D eigenvalue weighted by Gasteiger charge is 2.51. The SMILES string of the molecule is CCCCCCCC(=O)OCC(COP(=O)(O)OC1[C@@H](O)[C@H](O)C(O)[C@H](O)[C@H]1O)OC(=O)CCCCCCC. The zero-order valence-electron chi connectivity index (χ0n) is 22.9. The van der Waals surface area contributed by atoms with E-state index in [1.54, 1.807) is 0 Å². The van der Waals surface area contributed by atoms with Crippen LogP contribution in [-0.4, -0.2) is 98.3 Å². The maximum atomic E-state index is 12.5. The molecule has 0 radical (unpaired) electrons. The van der Waals surface area contributed by atoms with Gasteiger partial charge in [0.2, 0.25) is 0 Å². The summed E-state index contributed by atoms with van der Waals surface area (Å²) in [5.74, 6) is -1.13. The minimum absolute atomic E-state index is 0.0947. The Morgan fingerprint density at radius 1 is 0.692 bits per heavy atom. The summed E-state index contributed by atoms with van der Waals surface area (Å²) in [6.45, 7) is 2.98. The summed E-state index contributed by atoms with van der Waals surface area (Å²) in [5.41, 5.74) is 0. The average Bonchev–Trinajstić information content (AvgIpc) is 2.90. The van der Waals surface area contributed by atoms with E-state index < -0.39 is 75.7 Å². The van der Waals surface area contributed by atoms with Gasteiger partial charge in [-0.05, 0) is 12.8 Å². The standard InChI is InChI=1S/C25H47O13P/c1-3-5-7-9-11-13-18(26)35-15-17(37-19(27)14-12-10-8-6-4-2)16-36-39(33,34)38-25-23(31)21(29)20(28)22(30)24(25)32/h17,20-25,28-32H,3-16H2,1-2H3,(H,33,34)/t17?,20?,21-,22+,23+,24-,25?. The molecule has 1 rings (SSSR count). The number of carbonyl (C=O) groups excluding carboxylic acids is 2. The van der Waals surface area contributed by atoms with Crippen molar-refractivity contribution >= 4 is 19.8 Å². The van der Waals surface area contributed by atoms with E-state index in [4.69, 9.17) is 18.5 Å². The van der Waals surface area contributed by atoms with Crippen molar-refractivity contribution in [2.24, 2.45) is 0 Å². The molecule has 39 heavy (non-hydrogen) atoms. The first-order valence-corrected chi connectivity index (χ1v) is 15.3. The fourth-order valence-electron chi connectivity index (χ4n) is 4.05. The Labute approximate surface area is 230 Å². The normalized spacial score (nSPS) is 27.5. The molecule has 1 aliphatic carbocycles. The predicted octanol–water partition coefficient (Wildman–Crippen LogP) is 1.48. The molecule has 0 heterocycles. The average molecular weight is 587 g/mol. The molecule has 1 fully saturated rings. The maximum absolute atomic E-state index is 12.5. The third-order valence-electron chi connectivity index (χ3n) is 6.45. The second kappa shape index (κ2) is 19.1. The quantitative estimate of drug-likeness (QED) is 0.0679. The van der Waals surface area contributed by atoms with Crippen molar-refractivity contribution in [3.63, 3.8) is 0 Å². The van der Waals surface area contributed by atoms with Gasteiger partial charge in [0.25, 0.3) is 0 Å². The molecule has 0 amide bonds. The van der Waals surface area contributed by atoms with Crippen molar-refractivity contribution in [1.29, 1.82) is 0 Å². The van der Waals surface area contributed by atoms with Crippen LogP contribution in [0.2, 0.25) is 0 Å². The Morgan fingerprint density at radius 2 is 1.15 bits per heavy atom. The van der Waals surface area contributed by atoms with Gasteiger partial charge in [0.1, 0.15) is 43.2 Å². The highest BCUT2D eigenvalue weighted by atomic mass is 31.2. The first-order valence-electron chi connectivity index (χ1n) is 13.8. The van der Waals surface area contributed by atoms with Crippen LogP contribution in [0, 0.1) is 0 Å². The molecular weight excluding hydrogens is 539 g/mol. The number of aliphatic hydroxyl groups excluding tert-OH is 5. The van der Waals surface area contributed by atoms with Crippen LogP contribution in [0.4, 0.5) is 0 Å². The molecule has 0 saturated heterocycles. The Morgan fingerprint density at radius 3 is 1.67 bits per heavy atom. The van der Waals surface area contributed by atoms with Crippen LogP contribution in [0.5, 0.6) is 0 Å². The molecule has 230 valence electrons. The minimum Gasteiger partial charge on any atom is -0.462 e. The summed E-state index contributed by atoms with van der Waals surface area (Å²) in [7, 11) is -5.07. The molecule has 0 aromatic carbocycles. The summed E-state index contributed by atoms with van der Waals surface area (Å²) < 4.78 is 32.6. The molecule has 0 aromatic rings. The van der Waals surface area contributed by atoms with Crippen LogP contribution in [0.25, 0.3) is 0 Å². The first kappa shape index (κ1) is 35.9. The topological polar surface area (TPSA) is 210 Å². The third kappa shape index (κ3) is 13.8. The van der Waals surface area contributed by atoms with Gasteiger partial charge in [0.15, 0.2) is 6.10 Å². The lowest BCUT2D eigenvalue weighted by atomic mass is 9.85. The molecule has 0 bridgehead atoms. The number of hydrogen-bond donors (Lipinski definition) is 6. The molecule has 0 spiro atoms. The Balaban J connectivity index is 2.70. The molecule has 1 saturated carbocycles. The number of phosphoric ester groups is 1. The lowest BCUT2D eigenvalue weighted by Gasteiger charge is -2.41. The molecule has 1 aliphatic rings. The minimum atomic E-state index is -5.07. The molecule has 14 heteroatoms. The van der Waals surface area contributed by atoms with Gasteiger partial charge in [-0.2, -0.15) is 0 Å². The fraction of sp³-hybridized carbons (Fsp3) is 0.920. The van der Waals surface area contributed by atoms with E-state index in [-0.39, 0.29) is 12.8 Å². The molecule has 6 N–H and O–H groups in total. The largest absolute Gasteiger partial charge is 0.472 e. The number of hydrogen-bond acceptors (Lipinski definition) is 12. The lowest BCUT2D eigenvalue weighted by Crippen LogP contribution is -2.64. The van der Waals surface area contributed by atoms with Crippen molar-refractivity contribution in [3.8, 4) is 0 Å². The lowest BCUT2D eigenvalue weighted by molar-refractivity contribution is -0.220. The zero-order chi connectivity index (χ0) is 29.4. The van der Waals surface area contributed by atoms with E-state index in [1.807, 2.05) is 0 Å². The van der Waals surface area contributed by atoms with E-state index in [2.05, 4.69) is 13.8 Å². The fourth-order valence-corrected chi connectivity index (χ4v) is 5.02. The van der Waals surface area contributed by atoms with Crippen molar-refractivity contribution in [3.05, 3.63) is 0 Å². The first-order chi connectivity index (χ1) is 18.4. The summed E-state index contributed by atoms with van der Waals surface area (Å²) in [6.07, 6.45) is -3.78. The Bertz CT molecular complexity index is 735. The molecule has 0 aliphatic heterocycles. The van der Waals surface area contributed by atoms with Crippen LogP contribution in [-0.2, 0) is 32.7 Å². The van der Waals surface area contributed by atoms with Crippen LogP contribution >= 0.6 is 7.82 Å². The van der Waals surface area contributed by atoms with Crippen molar-refractivity contribution in [1.82, 2.24) is 0 Å². The van der Waals surface area contributed by atoms with Gasteiger partial charge in [0.05, 0.1) is 6.61 Å². The second-order valence-electron chi connectivity index (χ2n) is 9.91. The number of carbonyl (C=O) groups is 2. The number of unbranched alkanes of at least 4 members (excludes halogenated alkanes) is 8. The molecule has 13 nitrogen and oxygen atoms in total. The molecule has 0 aromatic heterocycles. The van der Waals surface area contributed by atoms with Gasteiger partial charge >= 0.3 is 19.8 Å². The van der Waals surface area contributed by atoms with Gasteiger partial charge in [-0.3, -0.25) is 18.6 Å². The van der Waals surface area contributed by atoms with Crippen LogP contribution in [0.15, 0.2) is 0 Å². The monoisotopic (exact) mass is 586 g/mol. The van der Waals surface area contributed by atoms with E-state index >= 15 is 0 Å². The van der Waals surface area contributed by atoms with Gasteiger partial charge in [-0.1, -0.05) is 65.2 Å². The number of esters is 2. The molecule has 4 unspecified atom stereocenters. The molecule has 8 atom stereocenters. The van der Waals surface area contributed by atoms with Gasteiger partial charge in [-0.25, -0.2) is 4.57 Å². The van der Waals surface area contributed by atoms with Gasteiger partial charge in [0, 0.05) is 12.8 Å². The van der Waals surface area contributed by atoms with E-state index in [0.717, 1.165) is 51.4 Å². The second-order valence-corrected chi connectivity index (χ2v) is 11.3. The summed E-state index contributed by atoms with van der Waals surface area (Å²) in [5, 5.41) is 49.3. The summed E-state index contributed by atoms with van der Waals surface area (Å²) >= 11 is 0. The molecular formula is C25H47O13P. The summed E-state index contributed by atoms with van der Waals surface area (Å²) in [4.78, 5) is 34.5. The van der Waals surface area contributed by atoms with Gasteiger partial charge < -0.3 is 39.9 Å². The van der Waals surface area contributed by atoms with Crippen LogP contribution in [0.3, 0.4) is 0 Å². The van der Waals surface area contributed by atoms with E-state index in [1.165, 1.54) is 0 Å². The Hall–Kier alpha value is -1.15. The van der Waals surface area contributed by atoms with Crippen molar-refractivity contribution < 1.29 is 63.1 Å². The van der Waals surface area contributed by atoms with Crippen LogP contribution in [0.1, 0.15) is 90.9 Å². The number of ether oxygens (including phenoxy) is 2. The Kier molecular flexibility index (Phi) is 17.5.